The quantitative estimate of drug-likeness (QED) is 0.762. The highest BCUT2D eigenvalue weighted by atomic mass is 16.3. The number of nitrogens with one attached hydrogen (secondary N) is 1. The zero-order valence-corrected chi connectivity index (χ0v) is 9.65. The van der Waals surface area contributed by atoms with Crippen LogP contribution in [0, 0.1) is 0 Å². The molecule has 0 aliphatic carbocycles. The minimum Gasteiger partial charge on any atom is -0.502 e. The third-order valence-corrected chi connectivity index (χ3v) is 2.77. The molecule has 0 bridgehead atoms. The predicted molar refractivity (Wildman–Crippen MR) is 63.2 cm³/mol. The topological polar surface area (TPSA) is 66.4 Å². The Bertz CT molecular complexity index is 512. The van der Waals surface area contributed by atoms with Crippen LogP contribution in [0.2, 0.25) is 0 Å². The van der Waals surface area contributed by atoms with Gasteiger partial charge in [0.2, 0.25) is 0 Å². The summed E-state index contributed by atoms with van der Waals surface area (Å²) in [7, 11) is 0. The van der Waals surface area contributed by atoms with E-state index in [9.17, 15) is 14.7 Å². The first-order valence-corrected chi connectivity index (χ1v) is 5.40. The Kier molecular flexibility index (Phi) is 2.71. The molecule has 88 valence electrons. The van der Waals surface area contributed by atoms with Gasteiger partial charge in [0.15, 0.2) is 5.76 Å². The van der Waals surface area contributed by atoms with Crippen molar-refractivity contribution in [3.63, 3.8) is 0 Å². The van der Waals surface area contributed by atoms with Gasteiger partial charge in [0, 0.05) is 0 Å². The van der Waals surface area contributed by atoms with E-state index in [1.807, 2.05) is 12.1 Å². The van der Waals surface area contributed by atoms with Crippen molar-refractivity contribution in [2.75, 3.05) is 0 Å². The number of aliphatic hydroxyl groups excluding tert-OH is 1. The van der Waals surface area contributed by atoms with Crippen LogP contribution in [0.4, 0.5) is 0 Å². The van der Waals surface area contributed by atoms with Gasteiger partial charge in [0.25, 0.3) is 11.8 Å². The van der Waals surface area contributed by atoms with Crippen molar-refractivity contribution in [2.45, 2.75) is 19.8 Å². The van der Waals surface area contributed by atoms with Gasteiger partial charge in [-0.2, -0.15) is 0 Å². The van der Waals surface area contributed by atoms with Crippen LogP contribution >= 0.6 is 0 Å². The third kappa shape index (κ3) is 1.93. The molecule has 0 saturated carbocycles. The van der Waals surface area contributed by atoms with Gasteiger partial charge in [-0.1, -0.05) is 38.1 Å². The summed E-state index contributed by atoms with van der Waals surface area (Å²) in [6.07, 6.45) is 0. The van der Waals surface area contributed by atoms with E-state index in [1.54, 1.807) is 12.1 Å². The van der Waals surface area contributed by atoms with Crippen molar-refractivity contribution >= 4 is 17.4 Å². The summed E-state index contributed by atoms with van der Waals surface area (Å²) >= 11 is 0. The van der Waals surface area contributed by atoms with Crippen LogP contribution in [0.3, 0.4) is 0 Å². The zero-order valence-electron chi connectivity index (χ0n) is 9.65. The average Bonchev–Trinajstić information content (AvgIpc) is 2.53. The second kappa shape index (κ2) is 4.05. The van der Waals surface area contributed by atoms with Gasteiger partial charge in [0.05, 0.1) is 5.57 Å². The second-order valence-electron chi connectivity index (χ2n) is 4.28. The van der Waals surface area contributed by atoms with E-state index in [4.69, 9.17) is 0 Å². The van der Waals surface area contributed by atoms with Crippen LogP contribution in [-0.2, 0) is 9.59 Å². The molecule has 1 aromatic carbocycles. The van der Waals surface area contributed by atoms with Gasteiger partial charge in [0.1, 0.15) is 0 Å². The Morgan fingerprint density at radius 2 is 1.65 bits per heavy atom. The molecule has 1 aliphatic rings. The predicted octanol–water partition coefficient (Wildman–Crippen LogP) is 1.74. The third-order valence-electron chi connectivity index (χ3n) is 2.77. The first-order valence-electron chi connectivity index (χ1n) is 5.40. The SMILES string of the molecule is CC(C)c1ccc(C2=C(O)C(=O)NC2=O)cc1. The molecule has 2 rings (SSSR count). The molecule has 2 N–H and O–H groups in total. The second-order valence-corrected chi connectivity index (χ2v) is 4.28. The van der Waals surface area contributed by atoms with Crippen molar-refractivity contribution in [3.05, 3.63) is 41.2 Å². The number of rotatable bonds is 2. The monoisotopic (exact) mass is 231 g/mol. The molecule has 0 fully saturated rings. The van der Waals surface area contributed by atoms with Gasteiger partial charge in [-0.3, -0.25) is 14.9 Å². The molecule has 0 atom stereocenters. The number of carbonyl (C=O) groups excluding carboxylic acids is 2. The number of hydrogen-bond donors (Lipinski definition) is 2. The highest BCUT2D eigenvalue weighted by Gasteiger charge is 2.30. The van der Waals surface area contributed by atoms with Crippen LogP contribution in [0.25, 0.3) is 5.57 Å². The van der Waals surface area contributed by atoms with Crippen LogP contribution < -0.4 is 5.32 Å². The number of imide groups is 1. The smallest absolute Gasteiger partial charge is 0.293 e. The maximum Gasteiger partial charge on any atom is 0.293 e. The van der Waals surface area contributed by atoms with Crippen molar-refractivity contribution in [2.24, 2.45) is 0 Å². The number of hydrogen-bond acceptors (Lipinski definition) is 3. The van der Waals surface area contributed by atoms with Crippen molar-refractivity contribution < 1.29 is 14.7 Å². The largest absolute Gasteiger partial charge is 0.502 e. The zero-order chi connectivity index (χ0) is 12.6. The van der Waals surface area contributed by atoms with E-state index in [2.05, 4.69) is 19.2 Å². The molecule has 0 spiro atoms. The normalized spacial score (nSPS) is 15.7. The van der Waals surface area contributed by atoms with Crippen molar-refractivity contribution in [1.82, 2.24) is 5.32 Å². The fourth-order valence-electron chi connectivity index (χ4n) is 1.75. The molecule has 4 heteroatoms. The van der Waals surface area contributed by atoms with Gasteiger partial charge < -0.3 is 5.11 Å². The fourth-order valence-corrected chi connectivity index (χ4v) is 1.75. The number of carbonyl (C=O) groups is 2. The van der Waals surface area contributed by atoms with E-state index in [0.29, 0.717) is 11.5 Å². The maximum atomic E-state index is 11.5. The molecule has 0 aromatic heterocycles. The molecule has 17 heavy (non-hydrogen) atoms. The van der Waals surface area contributed by atoms with E-state index in [-0.39, 0.29) is 5.57 Å². The molecule has 0 saturated heterocycles. The van der Waals surface area contributed by atoms with Gasteiger partial charge in [-0.15, -0.1) is 0 Å². The lowest BCUT2D eigenvalue weighted by atomic mass is 9.98. The molecular formula is C13H13NO3. The lowest BCUT2D eigenvalue weighted by molar-refractivity contribution is -0.124. The average molecular weight is 231 g/mol. The fraction of sp³-hybridized carbons (Fsp3) is 0.231. The van der Waals surface area contributed by atoms with Crippen LogP contribution in [0.15, 0.2) is 30.0 Å². The summed E-state index contributed by atoms with van der Waals surface area (Å²) in [5, 5.41) is 11.6. The highest BCUT2D eigenvalue weighted by Crippen LogP contribution is 2.24. The minimum atomic E-state index is -0.738. The van der Waals surface area contributed by atoms with Crippen LogP contribution in [0.5, 0.6) is 0 Å². The number of aliphatic hydroxyl groups is 1. The summed E-state index contributed by atoms with van der Waals surface area (Å²) in [5.74, 6) is -1.40. The summed E-state index contributed by atoms with van der Waals surface area (Å²) in [4.78, 5) is 22.6. The molecule has 2 amide bonds. The van der Waals surface area contributed by atoms with Crippen LogP contribution in [-0.4, -0.2) is 16.9 Å². The molecule has 4 nitrogen and oxygen atoms in total. The standard InChI is InChI=1S/C13H13NO3/c1-7(2)8-3-5-9(6-4-8)10-11(15)13(17)14-12(10)16/h3-7H,1-2H3,(H2,14,15,16,17). The Morgan fingerprint density at radius 3 is 2.06 bits per heavy atom. The van der Waals surface area contributed by atoms with E-state index < -0.39 is 17.6 Å². The molecular weight excluding hydrogens is 218 g/mol. The molecule has 1 aliphatic heterocycles. The van der Waals surface area contributed by atoms with Crippen molar-refractivity contribution in [1.29, 1.82) is 0 Å². The summed E-state index contributed by atoms with van der Waals surface area (Å²) < 4.78 is 0. The number of amides is 2. The van der Waals surface area contributed by atoms with E-state index in [1.165, 1.54) is 0 Å². The lowest BCUT2D eigenvalue weighted by Gasteiger charge is -2.06. The molecule has 1 aromatic rings. The van der Waals surface area contributed by atoms with Gasteiger partial charge in [-0.05, 0) is 17.0 Å². The number of benzene rings is 1. The lowest BCUT2D eigenvalue weighted by Crippen LogP contribution is -2.22. The molecule has 1 heterocycles. The molecule has 0 radical (unpaired) electrons. The first kappa shape index (κ1) is 11.4. The summed E-state index contributed by atoms with van der Waals surface area (Å²) in [5.41, 5.74) is 1.74. The van der Waals surface area contributed by atoms with E-state index >= 15 is 0 Å². The Morgan fingerprint density at radius 1 is 1.06 bits per heavy atom. The molecule has 0 unspecified atom stereocenters. The minimum absolute atomic E-state index is 0.0466. The van der Waals surface area contributed by atoms with Gasteiger partial charge in [-0.25, -0.2) is 0 Å². The van der Waals surface area contributed by atoms with Gasteiger partial charge >= 0.3 is 0 Å². The summed E-state index contributed by atoms with van der Waals surface area (Å²) in [6.45, 7) is 4.13. The highest BCUT2D eigenvalue weighted by molar-refractivity contribution is 6.35. The van der Waals surface area contributed by atoms with E-state index in [0.717, 1.165) is 5.56 Å². The maximum absolute atomic E-state index is 11.5. The first-order chi connectivity index (χ1) is 8.00. The Labute approximate surface area is 99.0 Å². The Hall–Kier alpha value is -2.10. The Balaban J connectivity index is 2.42. The van der Waals surface area contributed by atoms with Crippen LogP contribution in [0.1, 0.15) is 30.9 Å². The van der Waals surface area contributed by atoms with Crippen molar-refractivity contribution in [3.8, 4) is 0 Å². The summed E-state index contributed by atoms with van der Waals surface area (Å²) in [6, 6.07) is 7.24.